The zero-order valence-electron chi connectivity index (χ0n) is 12.9. The molecule has 1 aliphatic carbocycles. The molecule has 1 aromatic carbocycles. The number of piperidine rings is 1. The third-order valence-corrected chi connectivity index (χ3v) is 4.62. The predicted octanol–water partition coefficient (Wildman–Crippen LogP) is 2.47. The summed E-state index contributed by atoms with van der Waals surface area (Å²) in [5.74, 6) is 0.0536. The smallest absolute Gasteiger partial charge is 0.251 e. The van der Waals surface area contributed by atoms with Crippen LogP contribution in [0, 0.1) is 0 Å². The number of anilines is 1. The van der Waals surface area contributed by atoms with Crippen LogP contribution in [0.15, 0.2) is 24.3 Å². The Balaban J connectivity index is 1.61. The third kappa shape index (κ3) is 3.76. The van der Waals surface area contributed by atoms with Gasteiger partial charge in [-0.1, -0.05) is 6.07 Å². The van der Waals surface area contributed by atoms with E-state index in [0.717, 1.165) is 43.5 Å². The lowest BCUT2D eigenvalue weighted by Gasteiger charge is -2.35. The van der Waals surface area contributed by atoms with E-state index in [0.29, 0.717) is 18.1 Å². The molecule has 1 aromatic rings. The summed E-state index contributed by atoms with van der Waals surface area (Å²) < 4.78 is 0. The molecule has 1 aliphatic heterocycles. The van der Waals surface area contributed by atoms with Crippen LogP contribution in [-0.4, -0.2) is 42.5 Å². The van der Waals surface area contributed by atoms with Crippen LogP contribution in [0.4, 0.5) is 5.69 Å². The van der Waals surface area contributed by atoms with Gasteiger partial charge in [0.15, 0.2) is 0 Å². The fraction of sp³-hybridized carbons (Fsp3) is 0.588. The van der Waals surface area contributed by atoms with Crippen molar-refractivity contribution in [2.45, 2.75) is 50.7 Å². The highest BCUT2D eigenvalue weighted by Crippen LogP contribution is 2.22. The van der Waals surface area contributed by atoms with Crippen LogP contribution in [0.25, 0.3) is 0 Å². The maximum atomic E-state index is 12.1. The lowest BCUT2D eigenvalue weighted by molar-refractivity contribution is 0.0951. The van der Waals surface area contributed by atoms with Crippen molar-refractivity contribution in [2.24, 2.45) is 0 Å². The first-order chi connectivity index (χ1) is 10.1. The quantitative estimate of drug-likeness (QED) is 0.894. The minimum atomic E-state index is 0.0536. The molecule has 0 bridgehead atoms. The standard InChI is InChI=1S/C17H25N3O/c1-12-10-16(8-9-20(12)2)18-15-5-3-4-13(11-15)17(21)19-14-6-7-14/h3-5,11-12,14,16,18H,6-10H2,1-2H3,(H,19,21). The van der Waals surface area contributed by atoms with E-state index in [9.17, 15) is 4.79 Å². The molecule has 3 rings (SSSR count). The number of likely N-dealkylation sites (tertiary alicyclic amines) is 1. The molecule has 1 amide bonds. The fourth-order valence-corrected chi connectivity index (χ4v) is 2.90. The molecule has 2 atom stereocenters. The van der Waals surface area contributed by atoms with Gasteiger partial charge in [-0.05, 0) is 57.9 Å². The molecule has 1 saturated carbocycles. The number of nitrogens with zero attached hydrogens (tertiary/aromatic N) is 1. The van der Waals surface area contributed by atoms with Crippen LogP contribution in [0.2, 0.25) is 0 Å². The zero-order valence-corrected chi connectivity index (χ0v) is 12.9. The maximum absolute atomic E-state index is 12.1. The first-order valence-electron chi connectivity index (χ1n) is 7.99. The van der Waals surface area contributed by atoms with Crippen LogP contribution in [0.5, 0.6) is 0 Å². The average Bonchev–Trinajstić information content (AvgIpc) is 3.27. The summed E-state index contributed by atoms with van der Waals surface area (Å²) in [5.41, 5.74) is 1.81. The zero-order chi connectivity index (χ0) is 14.8. The molecule has 2 fully saturated rings. The second-order valence-electron chi connectivity index (χ2n) is 6.52. The van der Waals surface area contributed by atoms with E-state index in [4.69, 9.17) is 0 Å². The van der Waals surface area contributed by atoms with Gasteiger partial charge in [0, 0.05) is 35.9 Å². The van der Waals surface area contributed by atoms with Crippen molar-refractivity contribution in [1.82, 2.24) is 10.2 Å². The van der Waals surface area contributed by atoms with Gasteiger partial charge in [0.2, 0.25) is 0 Å². The van der Waals surface area contributed by atoms with E-state index in [1.54, 1.807) is 0 Å². The van der Waals surface area contributed by atoms with E-state index in [2.05, 4.69) is 35.6 Å². The molecule has 1 saturated heterocycles. The Hall–Kier alpha value is -1.55. The molecule has 4 nitrogen and oxygen atoms in total. The van der Waals surface area contributed by atoms with Gasteiger partial charge in [0.05, 0.1) is 0 Å². The van der Waals surface area contributed by atoms with Crippen molar-refractivity contribution >= 4 is 11.6 Å². The van der Waals surface area contributed by atoms with Crippen LogP contribution in [-0.2, 0) is 0 Å². The van der Waals surface area contributed by atoms with Crippen LogP contribution in [0.3, 0.4) is 0 Å². The molecule has 0 radical (unpaired) electrons. The van der Waals surface area contributed by atoms with Gasteiger partial charge >= 0.3 is 0 Å². The van der Waals surface area contributed by atoms with E-state index < -0.39 is 0 Å². The van der Waals surface area contributed by atoms with Gasteiger partial charge < -0.3 is 15.5 Å². The molecule has 114 valence electrons. The molecule has 2 unspecified atom stereocenters. The summed E-state index contributed by atoms with van der Waals surface area (Å²) >= 11 is 0. The second kappa shape index (κ2) is 6.06. The summed E-state index contributed by atoms with van der Waals surface area (Å²) in [5, 5.41) is 6.63. The maximum Gasteiger partial charge on any atom is 0.251 e. The van der Waals surface area contributed by atoms with E-state index in [1.807, 2.05) is 18.2 Å². The van der Waals surface area contributed by atoms with Crippen LogP contribution in [0.1, 0.15) is 43.0 Å². The van der Waals surface area contributed by atoms with Gasteiger partial charge in [0.25, 0.3) is 5.91 Å². The minimum Gasteiger partial charge on any atom is -0.382 e. The number of hydrogen-bond acceptors (Lipinski definition) is 3. The Bertz CT molecular complexity index is 513. The van der Waals surface area contributed by atoms with Crippen molar-refractivity contribution < 1.29 is 4.79 Å². The molecular weight excluding hydrogens is 262 g/mol. The van der Waals surface area contributed by atoms with Gasteiger partial charge in [0.1, 0.15) is 0 Å². The fourth-order valence-electron chi connectivity index (χ4n) is 2.90. The number of carbonyl (C=O) groups is 1. The number of nitrogens with one attached hydrogen (secondary N) is 2. The number of hydrogen-bond donors (Lipinski definition) is 2. The highest BCUT2D eigenvalue weighted by Gasteiger charge is 2.24. The normalized spacial score (nSPS) is 26.4. The van der Waals surface area contributed by atoms with E-state index >= 15 is 0 Å². The summed E-state index contributed by atoms with van der Waals surface area (Å²) in [6.07, 6.45) is 4.54. The SMILES string of the molecule is CC1CC(Nc2cccc(C(=O)NC3CC3)c2)CCN1C. The monoisotopic (exact) mass is 287 g/mol. The van der Waals surface area contributed by atoms with Crippen molar-refractivity contribution in [3.8, 4) is 0 Å². The van der Waals surface area contributed by atoms with E-state index in [1.165, 1.54) is 0 Å². The van der Waals surface area contributed by atoms with Gasteiger partial charge in [-0.25, -0.2) is 0 Å². The summed E-state index contributed by atoms with van der Waals surface area (Å²) in [4.78, 5) is 14.5. The highest BCUT2D eigenvalue weighted by molar-refractivity contribution is 5.95. The molecular formula is C17H25N3O. The van der Waals surface area contributed by atoms with Crippen LogP contribution >= 0.6 is 0 Å². The Labute approximate surface area is 126 Å². The summed E-state index contributed by atoms with van der Waals surface area (Å²) in [6.45, 7) is 3.40. The Morgan fingerprint density at radius 2 is 2.05 bits per heavy atom. The van der Waals surface area contributed by atoms with Crippen molar-refractivity contribution in [3.05, 3.63) is 29.8 Å². The first kappa shape index (κ1) is 14.4. The first-order valence-corrected chi connectivity index (χ1v) is 7.99. The van der Waals surface area contributed by atoms with Gasteiger partial charge in [-0.15, -0.1) is 0 Å². The average molecular weight is 287 g/mol. The Morgan fingerprint density at radius 1 is 1.24 bits per heavy atom. The minimum absolute atomic E-state index is 0.0536. The van der Waals surface area contributed by atoms with Crippen molar-refractivity contribution in [3.63, 3.8) is 0 Å². The van der Waals surface area contributed by atoms with Crippen LogP contribution < -0.4 is 10.6 Å². The summed E-state index contributed by atoms with van der Waals surface area (Å²) in [6, 6.07) is 9.39. The molecule has 1 heterocycles. The third-order valence-electron chi connectivity index (χ3n) is 4.62. The number of amides is 1. The lowest BCUT2D eigenvalue weighted by Crippen LogP contribution is -2.42. The summed E-state index contributed by atoms with van der Waals surface area (Å²) in [7, 11) is 2.18. The predicted molar refractivity (Wildman–Crippen MR) is 85.7 cm³/mol. The molecule has 4 heteroatoms. The topological polar surface area (TPSA) is 44.4 Å². The molecule has 2 aliphatic rings. The van der Waals surface area contributed by atoms with E-state index in [-0.39, 0.29) is 5.91 Å². The van der Waals surface area contributed by atoms with Crippen molar-refractivity contribution in [2.75, 3.05) is 18.9 Å². The molecule has 2 N–H and O–H groups in total. The number of benzene rings is 1. The number of rotatable bonds is 4. The highest BCUT2D eigenvalue weighted by atomic mass is 16.1. The Morgan fingerprint density at radius 3 is 2.76 bits per heavy atom. The van der Waals surface area contributed by atoms with Gasteiger partial charge in [-0.3, -0.25) is 4.79 Å². The largest absolute Gasteiger partial charge is 0.382 e. The van der Waals surface area contributed by atoms with Gasteiger partial charge in [-0.2, -0.15) is 0 Å². The second-order valence-corrected chi connectivity index (χ2v) is 6.52. The molecule has 0 spiro atoms. The molecule has 21 heavy (non-hydrogen) atoms. The lowest BCUT2D eigenvalue weighted by atomic mass is 9.98. The number of carbonyl (C=O) groups excluding carboxylic acids is 1. The molecule has 0 aromatic heterocycles. The van der Waals surface area contributed by atoms with Crippen molar-refractivity contribution in [1.29, 1.82) is 0 Å². The Kier molecular flexibility index (Phi) is 4.15.